The predicted molar refractivity (Wildman–Crippen MR) is 117 cm³/mol. The first-order valence-electron chi connectivity index (χ1n) is 9.76. The maximum atomic E-state index is 12.8. The molecule has 0 saturated carbocycles. The van der Waals surface area contributed by atoms with E-state index in [1.54, 1.807) is 22.7 Å². The highest BCUT2D eigenvalue weighted by atomic mass is 35.5. The first-order chi connectivity index (χ1) is 15.3. The number of hydrogen-bond acceptors (Lipinski definition) is 6. The van der Waals surface area contributed by atoms with Crippen molar-refractivity contribution in [3.8, 4) is 11.4 Å². The Balaban J connectivity index is 1.42. The summed E-state index contributed by atoms with van der Waals surface area (Å²) in [5.74, 6) is 1.05. The van der Waals surface area contributed by atoms with E-state index in [2.05, 4.69) is 15.0 Å². The summed E-state index contributed by atoms with van der Waals surface area (Å²) in [6, 6.07) is 8.46. The number of rotatable bonds is 5. The molecule has 12 heteroatoms. The fourth-order valence-electron chi connectivity index (χ4n) is 3.54. The Morgan fingerprint density at radius 1 is 1.16 bits per heavy atom. The fourth-order valence-corrected chi connectivity index (χ4v) is 4.07. The van der Waals surface area contributed by atoms with Gasteiger partial charge in [-0.3, -0.25) is 9.47 Å². The molecule has 0 unspecified atom stereocenters. The molecule has 3 heterocycles. The van der Waals surface area contributed by atoms with E-state index in [-0.39, 0.29) is 5.02 Å². The smallest absolute Gasteiger partial charge is 0.417 e. The van der Waals surface area contributed by atoms with Gasteiger partial charge in [0.1, 0.15) is 17.9 Å². The molecule has 0 atom stereocenters. The van der Waals surface area contributed by atoms with Crippen molar-refractivity contribution in [1.82, 2.24) is 24.2 Å². The Hall–Kier alpha value is -2.63. The molecule has 7 nitrogen and oxygen atoms in total. The first kappa shape index (κ1) is 22.6. The van der Waals surface area contributed by atoms with E-state index in [0.29, 0.717) is 49.2 Å². The molecule has 170 valence electrons. The number of alkyl halides is 3. The summed E-state index contributed by atoms with van der Waals surface area (Å²) in [4.78, 5) is 7.99. The van der Waals surface area contributed by atoms with Crippen molar-refractivity contribution >= 4 is 29.6 Å². The number of benzene rings is 1. The lowest BCUT2D eigenvalue weighted by Crippen LogP contribution is -2.47. The fraction of sp³-hybridized carbons (Fsp3) is 0.350. The molecule has 4 rings (SSSR count). The van der Waals surface area contributed by atoms with Gasteiger partial charge in [-0.05, 0) is 30.4 Å². The minimum absolute atomic E-state index is 0.00829. The van der Waals surface area contributed by atoms with Crippen LogP contribution in [0.2, 0.25) is 5.02 Å². The summed E-state index contributed by atoms with van der Waals surface area (Å²) in [5, 5.41) is 4.40. The van der Waals surface area contributed by atoms with E-state index in [4.69, 9.17) is 28.6 Å². The summed E-state index contributed by atoms with van der Waals surface area (Å²) in [6.07, 6.45) is -2.00. The van der Waals surface area contributed by atoms with Gasteiger partial charge in [0.25, 0.3) is 0 Å². The number of pyridine rings is 1. The highest BCUT2D eigenvalue weighted by Gasteiger charge is 2.32. The highest BCUT2D eigenvalue weighted by molar-refractivity contribution is 7.71. The molecule has 3 aromatic rings. The van der Waals surface area contributed by atoms with Gasteiger partial charge in [-0.25, -0.2) is 9.67 Å². The normalized spacial score (nSPS) is 15.2. The zero-order valence-corrected chi connectivity index (χ0v) is 18.7. The summed E-state index contributed by atoms with van der Waals surface area (Å²) < 4.78 is 48.0. The minimum Gasteiger partial charge on any atom is -0.495 e. The quantitative estimate of drug-likeness (QED) is 0.504. The Kier molecular flexibility index (Phi) is 6.40. The van der Waals surface area contributed by atoms with Crippen molar-refractivity contribution in [2.75, 3.05) is 38.2 Å². The number of hydrogen-bond donors (Lipinski definition) is 0. The molecule has 1 aromatic carbocycles. The Labute approximate surface area is 192 Å². The van der Waals surface area contributed by atoms with Gasteiger partial charge in [0, 0.05) is 32.4 Å². The van der Waals surface area contributed by atoms with E-state index in [1.165, 1.54) is 0 Å². The first-order valence-corrected chi connectivity index (χ1v) is 10.5. The third kappa shape index (κ3) is 4.59. The van der Waals surface area contributed by atoms with Crippen LogP contribution in [0.3, 0.4) is 0 Å². The number of methoxy groups -OCH3 is 1. The molecule has 0 radical (unpaired) electrons. The Morgan fingerprint density at radius 3 is 2.53 bits per heavy atom. The second kappa shape index (κ2) is 9.08. The van der Waals surface area contributed by atoms with Gasteiger partial charge < -0.3 is 9.64 Å². The average molecular weight is 485 g/mol. The maximum Gasteiger partial charge on any atom is 0.417 e. The van der Waals surface area contributed by atoms with E-state index in [1.807, 2.05) is 29.2 Å². The number of halogens is 4. The molecule has 1 saturated heterocycles. The zero-order valence-electron chi connectivity index (χ0n) is 17.1. The molecule has 32 heavy (non-hydrogen) atoms. The van der Waals surface area contributed by atoms with Crippen molar-refractivity contribution in [2.24, 2.45) is 0 Å². The number of ether oxygens (including phenoxy) is 1. The molecule has 1 aliphatic heterocycles. The van der Waals surface area contributed by atoms with Crippen molar-refractivity contribution in [2.45, 2.75) is 12.8 Å². The van der Waals surface area contributed by atoms with Crippen LogP contribution in [0.1, 0.15) is 5.56 Å². The second-order valence-electron chi connectivity index (χ2n) is 7.23. The number of para-hydroxylation sites is 2. The van der Waals surface area contributed by atoms with Crippen LogP contribution in [-0.4, -0.2) is 57.5 Å². The van der Waals surface area contributed by atoms with E-state index in [0.717, 1.165) is 18.0 Å². The molecule has 0 spiro atoms. The van der Waals surface area contributed by atoms with Gasteiger partial charge >= 0.3 is 6.18 Å². The third-order valence-electron chi connectivity index (χ3n) is 5.23. The minimum atomic E-state index is -4.47. The van der Waals surface area contributed by atoms with Crippen molar-refractivity contribution < 1.29 is 17.9 Å². The molecule has 0 bridgehead atoms. The van der Waals surface area contributed by atoms with Gasteiger partial charge in [0.15, 0.2) is 0 Å². The SMILES string of the molecule is COc1ccccc1-n1cnn(CN2CCN(c3ncc(C(F)(F)F)cc3Cl)CC2)c1=S. The lowest BCUT2D eigenvalue weighted by atomic mass is 10.2. The van der Waals surface area contributed by atoms with Crippen LogP contribution >= 0.6 is 23.8 Å². The largest absolute Gasteiger partial charge is 0.495 e. The molecule has 0 N–H and O–H groups in total. The van der Waals surface area contributed by atoms with Crippen molar-refractivity contribution in [3.05, 3.63) is 58.2 Å². The zero-order chi connectivity index (χ0) is 22.9. The van der Waals surface area contributed by atoms with Crippen LogP contribution in [0.4, 0.5) is 19.0 Å². The number of aromatic nitrogens is 4. The second-order valence-corrected chi connectivity index (χ2v) is 8.00. The van der Waals surface area contributed by atoms with E-state index in [9.17, 15) is 13.2 Å². The summed E-state index contributed by atoms with van der Waals surface area (Å²) >= 11 is 11.7. The maximum absolute atomic E-state index is 12.8. The lowest BCUT2D eigenvalue weighted by Gasteiger charge is -2.35. The Bertz CT molecular complexity index is 1160. The van der Waals surface area contributed by atoms with Gasteiger partial charge in [-0.15, -0.1) is 0 Å². The van der Waals surface area contributed by atoms with Crippen molar-refractivity contribution in [3.63, 3.8) is 0 Å². The summed E-state index contributed by atoms with van der Waals surface area (Å²) in [6.45, 7) is 2.94. The molecule has 0 amide bonds. The van der Waals surface area contributed by atoms with Crippen LogP contribution in [0.5, 0.6) is 5.75 Å². The predicted octanol–water partition coefficient (Wildman–Crippen LogP) is 4.26. The highest BCUT2D eigenvalue weighted by Crippen LogP contribution is 2.33. The van der Waals surface area contributed by atoms with Crippen LogP contribution in [0, 0.1) is 4.77 Å². The topological polar surface area (TPSA) is 51.4 Å². The molecule has 1 fully saturated rings. The monoisotopic (exact) mass is 484 g/mol. The van der Waals surface area contributed by atoms with Crippen LogP contribution in [0.15, 0.2) is 42.9 Å². The van der Waals surface area contributed by atoms with Crippen LogP contribution in [-0.2, 0) is 12.8 Å². The average Bonchev–Trinajstić information content (AvgIpc) is 3.13. The van der Waals surface area contributed by atoms with Gasteiger partial charge in [-0.1, -0.05) is 23.7 Å². The van der Waals surface area contributed by atoms with Gasteiger partial charge in [0.05, 0.1) is 30.1 Å². The van der Waals surface area contributed by atoms with Gasteiger partial charge in [0.2, 0.25) is 4.77 Å². The summed E-state index contributed by atoms with van der Waals surface area (Å²) in [5.41, 5.74) is -0.0519. The van der Waals surface area contributed by atoms with Crippen LogP contribution < -0.4 is 9.64 Å². The lowest BCUT2D eigenvalue weighted by molar-refractivity contribution is -0.137. The van der Waals surface area contributed by atoms with Gasteiger partial charge in [-0.2, -0.15) is 18.3 Å². The van der Waals surface area contributed by atoms with Crippen molar-refractivity contribution in [1.29, 1.82) is 0 Å². The molecule has 2 aromatic heterocycles. The molecular formula is C20H20ClF3N6OS. The molecule has 0 aliphatic carbocycles. The Morgan fingerprint density at radius 2 is 1.88 bits per heavy atom. The third-order valence-corrected chi connectivity index (χ3v) is 5.92. The van der Waals surface area contributed by atoms with E-state index < -0.39 is 11.7 Å². The number of nitrogens with zero attached hydrogens (tertiary/aromatic N) is 6. The molecular weight excluding hydrogens is 465 g/mol. The number of anilines is 1. The standard InChI is InChI=1S/C20H20ClF3N6OS/c1-31-17-5-3-2-4-16(17)29-12-26-30(19(29)32)13-27-6-8-28(9-7-27)18-15(21)10-14(11-25-18)20(22,23)24/h2-5,10-12H,6-9,13H2,1H3. The van der Waals surface area contributed by atoms with Crippen LogP contribution in [0.25, 0.3) is 5.69 Å². The molecule has 1 aliphatic rings. The number of piperazine rings is 1. The summed E-state index contributed by atoms with van der Waals surface area (Å²) in [7, 11) is 1.60. The van der Waals surface area contributed by atoms with E-state index >= 15 is 0 Å².